The highest BCUT2D eigenvalue weighted by Crippen LogP contribution is 2.41. The Hall–Kier alpha value is -18.3. The monoisotopic (exact) mass is 1950 g/mol. The number of amides is 4. The summed E-state index contributed by atoms with van der Waals surface area (Å²) in [4.78, 5) is 95.2. The Bertz CT molecular complexity index is 8020. The van der Waals surface area contributed by atoms with Crippen LogP contribution in [0.15, 0.2) is 335 Å². The lowest BCUT2D eigenvalue weighted by Gasteiger charge is -2.22. The molecule has 0 saturated carbocycles. The van der Waals surface area contributed by atoms with Crippen molar-refractivity contribution in [1.82, 2.24) is 65.5 Å². The number of fused-ring (bicyclic) bond motifs is 6. The Morgan fingerprint density at radius 2 is 0.803 bits per heavy atom. The van der Waals surface area contributed by atoms with Crippen LogP contribution in [-0.2, 0) is 34.1 Å². The Morgan fingerprint density at radius 3 is 1.25 bits per heavy atom. The van der Waals surface area contributed by atoms with Crippen LogP contribution >= 0.6 is 0 Å². The fourth-order valence-electron chi connectivity index (χ4n) is 17.6. The Morgan fingerprint density at radius 1 is 0.381 bits per heavy atom. The molecule has 19 aromatic rings. The highest BCUT2D eigenvalue weighted by atomic mass is 16.5. The number of methoxy groups -OCH3 is 2. The number of nitrogens with two attached hydrogens (primary N) is 3. The quantitative estimate of drug-likeness (QED) is 0.0319. The van der Waals surface area contributed by atoms with Gasteiger partial charge in [-0.2, -0.15) is 0 Å². The van der Waals surface area contributed by atoms with Gasteiger partial charge in [0.25, 0.3) is 11.8 Å². The third kappa shape index (κ3) is 24.6. The molecular formula is C118H106N16O13. The van der Waals surface area contributed by atoms with E-state index in [4.69, 9.17) is 59.8 Å². The first-order chi connectivity index (χ1) is 71.7. The minimum Gasteiger partial charge on any atom is -0.497 e. The lowest BCUT2D eigenvalue weighted by atomic mass is 10.0. The summed E-state index contributed by atoms with van der Waals surface area (Å²) in [5, 5.41) is 11.4. The molecule has 4 atom stereocenters. The van der Waals surface area contributed by atoms with Crippen LogP contribution in [0, 0.1) is 18.8 Å². The van der Waals surface area contributed by atoms with Crippen molar-refractivity contribution in [2.24, 2.45) is 29.0 Å². The van der Waals surface area contributed by atoms with Crippen LogP contribution in [-0.4, -0.2) is 137 Å². The number of nitrogens with one attached hydrogen (secondary N) is 2. The molecule has 11 aromatic heterocycles. The van der Waals surface area contributed by atoms with Gasteiger partial charge in [-0.05, 0) is 271 Å². The average molecular weight is 1960 g/mol. The second kappa shape index (κ2) is 46.7. The van der Waals surface area contributed by atoms with E-state index in [0.717, 1.165) is 187 Å². The van der Waals surface area contributed by atoms with E-state index < -0.39 is 11.8 Å². The largest absolute Gasteiger partial charge is 0.497 e. The number of carbonyl (C=O) groups is 4. The molecule has 147 heavy (non-hydrogen) atoms. The molecular weight excluding hydrogens is 1850 g/mol. The van der Waals surface area contributed by atoms with Crippen molar-refractivity contribution < 1.29 is 61.8 Å². The number of hydrogen-bond donors (Lipinski definition) is 5. The number of aromatic nitrogens is 11. The van der Waals surface area contributed by atoms with E-state index in [1.54, 1.807) is 94.3 Å². The van der Waals surface area contributed by atoms with Gasteiger partial charge in [0.1, 0.15) is 72.6 Å². The minimum atomic E-state index is -0.534. The molecule has 0 aliphatic carbocycles. The highest BCUT2D eigenvalue weighted by molar-refractivity contribution is 5.98. The molecule has 4 amide bonds. The van der Waals surface area contributed by atoms with E-state index in [2.05, 4.69) is 102 Å². The first-order valence-corrected chi connectivity index (χ1v) is 48.1. The van der Waals surface area contributed by atoms with Gasteiger partial charge in [-0.1, -0.05) is 61.2 Å². The topological polar surface area (TPSA) is 395 Å². The summed E-state index contributed by atoms with van der Waals surface area (Å²) in [6, 6.07) is 85.9. The molecule has 14 heterocycles. The first kappa shape index (κ1) is 98.9. The molecule has 736 valence electrons. The number of carbonyl (C=O) groups excluding carboxylic acids is 4. The van der Waals surface area contributed by atoms with Gasteiger partial charge in [0, 0.05) is 180 Å². The molecule has 0 radical (unpaired) electrons. The summed E-state index contributed by atoms with van der Waals surface area (Å²) >= 11 is 0. The summed E-state index contributed by atoms with van der Waals surface area (Å²) in [6.45, 7) is 13.1. The molecule has 8 aromatic carbocycles. The summed E-state index contributed by atoms with van der Waals surface area (Å²) < 4.78 is 53.0. The van der Waals surface area contributed by atoms with Gasteiger partial charge in [-0.3, -0.25) is 64.0 Å². The van der Waals surface area contributed by atoms with Crippen molar-refractivity contribution in [3.63, 3.8) is 0 Å². The smallest absolute Gasteiger partial charge is 0.250 e. The van der Waals surface area contributed by atoms with Crippen molar-refractivity contribution in [3.05, 3.63) is 375 Å². The van der Waals surface area contributed by atoms with E-state index in [9.17, 15) is 19.2 Å². The second-order valence-electron chi connectivity index (χ2n) is 35.4. The number of primary amides is 2. The van der Waals surface area contributed by atoms with Crippen molar-refractivity contribution in [1.29, 1.82) is 0 Å². The zero-order valence-corrected chi connectivity index (χ0v) is 81.5. The third-order valence-electron chi connectivity index (χ3n) is 25.5. The maximum absolute atomic E-state index is 11.7. The van der Waals surface area contributed by atoms with E-state index in [1.165, 1.54) is 0 Å². The molecule has 3 saturated heterocycles. The molecule has 22 rings (SSSR count). The summed E-state index contributed by atoms with van der Waals surface area (Å²) in [6.07, 6.45) is 20.1. The van der Waals surface area contributed by atoms with Crippen molar-refractivity contribution in [2.45, 2.75) is 84.6 Å². The summed E-state index contributed by atoms with van der Waals surface area (Å²) in [7, 11) is 3.24. The van der Waals surface area contributed by atoms with E-state index in [1.807, 2.05) is 239 Å². The number of nitrogens with zero attached hydrogens (tertiary/aromatic N) is 11. The molecule has 0 spiro atoms. The SMILES string of the molecule is C=C(N)c1cccnc1COc1cc(-c2ccccc2)cc2ncccc12.COc1cc(-c2cc(O[C@H](C)[C@H]3CNC(=O)C3)c3cccnc3c2)ccn1.COc1cccc(-c2cc(OCc3ncccc3C(N)=O)c3cccnc3c2)c1.C[C@@H](Oc1cc(-c2ccc(OC3CCOCC3)nc2)cc2ncccc12)[C@H]1CNC(=O)C1.Cc1ccc2cc(-c3cc(OCc4ncccc4C(N)=O)c4cccnc4c3)ccc2n1. The molecule has 29 heteroatoms. The second-order valence-corrected chi connectivity index (χ2v) is 35.4. The van der Waals surface area contributed by atoms with Gasteiger partial charge in [0.15, 0.2) is 0 Å². The summed E-state index contributed by atoms with van der Waals surface area (Å²) in [5.41, 5.74) is 36.7. The zero-order chi connectivity index (χ0) is 102. The van der Waals surface area contributed by atoms with E-state index >= 15 is 0 Å². The third-order valence-corrected chi connectivity index (χ3v) is 25.5. The highest BCUT2D eigenvalue weighted by Gasteiger charge is 2.31. The predicted octanol–water partition coefficient (Wildman–Crippen LogP) is 20.6. The maximum Gasteiger partial charge on any atom is 0.250 e. The van der Waals surface area contributed by atoms with Crippen LogP contribution in [0.1, 0.15) is 88.6 Å². The van der Waals surface area contributed by atoms with Crippen LogP contribution in [0.25, 0.3) is 127 Å². The molecule has 0 bridgehead atoms. The Kier molecular flexibility index (Phi) is 31.4. The Balaban J connectivity index is 0.000000121. The van der Waals surface area contributed by atoms with Crippen molar-refractivity contribution in [2.75, 3.05) is 40.5 Å². The molecule has 3 aliphatic rings. The van der Waals surface area contributed by atoms with E-state index in [0.29, 0.717) is 84.0 Å². The van der Waals surface area contributed by atoms with Gasteiger partial charge < -0.3 is 70.5 Å². The molecule has 29 nitrogen and oxygen atoms in total. The van der Waals surface area contributed by atoms with Gasteiger partial charge >= 0.3 is 0 Å². The van der Waals surface area contributed by atoms with Crippen LogP contribution in [0.2, 0.25) is 0 Å². The average Bonchev–Trinajstić information content (AvgIpc) is 1.10. The van der Waals surface area contributed by atoms with Gasteiger partial charge in [-0.25, -0.2) is 9.97 Å². The van der Waals surface area contributed by atoms with Gasteiger partial charge in [0.05, 0.1) is 88.7 Å². The molecule has 8 N–H and O–H groups in total. The molecule has 0 unspecified atom stereocenters. The van der Waals surface area contributed by atoms with Crippen LogP contribution in [0.4, 0.5) is 0 Å². The molecule has 3 aliphatic heterocycles. The fourth-order valence-corrected chi connectivity index (χ4v) is 17.6. The number of pyridine rings is 11. The van der Waals surface area contributed by atoms with Crippen LogP contribution < -0.4 is 65.7 Å². The number of rotatable bonds is 27. The minimum absolute atomic E-state index is 0.0830. The standard InChI is InChI=1S/C26H20N4O2.C25H27N3O4.C23H19N3O3.C23H19N3O.C21H21N3O3/c1-16-6-7-18-12-17(8-9-22(18)30-16)19-13-23-20(4-2-10-28-23)25(14-19)32-15-24-21(26(27)31)5-3-11-29-24;1-16(19-13-24(29)27-15-19)31-23-12-18(11-22-21(23)3-2-8-26-22)17-4-5-25(28-14-17)32-20-6-9-30-10-7-20;1-28-17-6-2-5-15(11-17)16-12-20-18(7-3-9-25-20)22(13-16)29-14-21-19(23(24)27)8-4-10-26-21;1-16(24)19-9-5-12-26-22(19)15-27-23-14-18(17-7-3-2-4-8-17)13-21-20(23)10-6-11-25-21;1-13(16-10-20(25)24-12-16)27-19-9-15(8-18-17(19)4-3-6-22-18)14-5-7-23-21(11-14)26-2/h2-14H,15H2,1H3,(H2,27,31);2-5,8,11-12,14,16,19-20H,6-7,9-10,13,15H2,1H3,(H,27,29);2-13H,14H2,1H3,(H2,24,27);2-14H,1,15,24H2;3-9,11,13,16H,10,12H2,1-2H3,(H,24,25)/t;16-,19-;;;13-,16-/m.1..1/s1. The number of ether oxygens (including phenoxy) is 9. The summed E-state index contributed by atoms with van der Waals surface area (Å²) in [5.74, 6) is 4.97. The van der Waals surface area contributed by atoms with Gasteiger partial charge in [-0.15, -0.1) is 0 Å². The fraction of sp³-hybridized carbons (Fsp3) is 0.178. The number of benzene rings is 8. The predicted molar refractivity (Wildman–Crippen MR) is 567 cm³/mol. The lowest BCUT2D eigenvalue weighted by Crippen LogP contribution is -2.26. The number of aryl methyl sites for hydroxylation is 1. The normalized spacial score (nSPS) is 14.1. The van der Waals surface area contributed by atoms with Crippen molar-refractivity contribution in [3.8, 4) is 102 Å². The van der Waals surface area contributed by atoms with E-state index in [-0.39, 0.29) is 55.2 Å². The zero-order valence-electron chi connectivity index (χ0n) is 81.5. The first-order valence-electron chi connectivity index (χ1n) is 48.1. The Labute approximate surface area is 848 Å². The van der Waals surface area contributed by atoms with Gasteiger partial charge in [0.2, 0.25) is 23.6 Å². The van der Waals surface area contributed by atoms with Crippen molar-refractivity contribution >= 4 is 94.7 Å². The molecule has 3 fully saturated rings. The maximum atomic E-state index is 11.7. The number of hydrogen-bond acceptors (Lipinski definition) is 25. The van der Waals surface area contributed by atoms with Crippen LogP contribution in [0.5, 0.6) is 46.3 Å². The lowest BCUT2D eigenvalue weighted by molar-refractivity contribution is -0.120. The van der Waals surface area contributed by atoms with Crippen LogP contribution in [0.3, 0.4) is 0 Å².